The molecule has 2 aliphatic heterocycles. The van der Waals surface area contributed by atoms with Crippen LogP contribution in [-0.4, -0.2) is 16.1 Å². The van der Waals surface area contributed by atoms with Crippen LogP contribution in [0.2, 0.25) is 0 Å². The standard InChI is InChI=1S/C96H62Si2/c1-5-33-65(34-6-1)97(66-35-7-2-8-36-66)91-59-19-17-43-77(91)85-57-27-55-83(95(85)97)75-49-25-53-81-89(75)62-90-76(84-56-28-58-86-78-44-18-20-60-92(78)98(96(84)86,67-37-9-3-10-38-67)68-39-11-4-12-40-68)50-26-54-82(90)94(81)93-79-51-23-47-73(71-45-21-31-63-29-13-15-41-69(63)71)87(79)61-88-74(48-24-52-80(88)93)72-46-22-32-64-30-14-16-42-70(64)72/h1-62H. The lowest BCUT2D eigenvalue weighted by atomic mass is 9.81. The van der Waals surface area contributed by atoms with Crippen LogP contribution in [0.5, 0.6) is 0 Å². The second kappa shape index (κ2) is 22.3. The Kier molecular flexibility index (Phi) is 12.8. The topological polar surface area (TPSA) is 0 Å². The van der Waals surface area contributed by atoms with Crippen molar-refractivity contribution in [2.24, 2.45) is 0 Å². The molecule has 0 saturated heterocycles. The largest absolute Gasteiger partial charge is 0.181 e. The Bertz CT molecular complexity index is 5820. The minimum atomic E-state index is -3.04. The van der Waals surface area contributed by atoms with E-state index in [-0.39, 0.29) is 0 Å². The molecule has 0 fully saturated rings. The molecule has 2 aliphatic rings. The maximum Gasteiger partial charge on any atom is 0.181 e. The fourth-order valence-corrected chi connectivity index (χ4v) is 29.0. The van der Waals surface area contributed by atoms with Gasteiger partial charge in [-0.25, -0.2) is 0 Å². The minimum Gasteiger partial charge on any atom is -0.0623 e. The lowest BCUT2D eigenvalue weighted by molar-refractivity contribution is 1.65. The van der Waals surface area contributed by atoms with Crippen molar-refractivity contribution in [2.75, 3.05) is 0 Å². The van der Waals surface area contributed by atoms with Crippen LogP contribution in [-0.2, 0) is 0 Å². The molecule has 0 spiro atoms. The number of hydrogen-bond acceptors (Lipinski definition) is 0. The summed E-state index contributed by atoms with van der Waals surface area (Å²) in [4.78, 5) is 0. The van der Waals surface area contributed by atoms with Crippen LogP contribution in [0.15, 0.2) is 376 Å². The van der Waals surface area contributed by atoms with Crippen molar-refractivity contribution in [1.82, 2.24) is 0 Å². The molecule has 0 amide bonds. The highest BCUT2D eigenvalue weighted by Crippen LogP contribution is 2.51. The summed E-state index contributed by atoms with van der Waals surface area (Å²) in [6.07, 6.45) is 0. The molecule has 0 aliphatic carbocycles. The van der Waals surface area contributed by atoms with Crippen LogP contribution in [0.25, 0.3) is 143 Å². The quantitative estimate of drug-likeness (QED) is 0.0998. The van der Waals surface area contributed by atoms with E-state index in [0.717, 1.165) is 0 Å². The SMILES string of the molecule is c1ccc([Si]2(c3ccccc3)c3ccccc3-c3cccc(-c4cccc5c(-c6c7cccc(-c8cccc9ccccc89)c7cc7c(-c8cccc9ccccc89)cccc67)c6cccc(-c7cccc8c7[Si](c7ccccc7)(c7ccccc7)c7ccccc7-8)c6cc45)c32)cc1. The Morgan fingerprint density at radius 2 is 0.357 bits per heavy atom. The average molecular weight is 1270 g/mol. The van der Waals surface area contributed by atoms with Gasteiger partial charge in [-0.1, -0.05) is 364 Å². The van der Waals surface area contributed by atoms with Gasteiger partial charge in [0.25, 0.3) is 0 Å². The molecule has 18 aromatic rings. The van der Waals surface area contributed by atoms with E-state index in [1.807, 2.05) is 0 Å². The summed E-state index contributed by atoms with van der Waals surface area (Å²) in [5.41, 5.74) is 17.7. The summed E-state index contributed by atoms with van der Waals surface area (Å²) in [6, 6.07) is 145. The van der Waals surface area contributed by atoms with Crippen molar-refractivity contribution in [3.8, 4) is 77.9 Å². The Morgan fingerprint density at radius 3 is 0.704 bits per heavy atom. The molecule has 0 saturated carbocycles. The van der Waals surface area contributed by atoms with Crippen molar-refractivity contribution >= 4 is 122 Å². The van der Waals surface area contributed by atoms with Gasteiger partial charge in [0.2, 0.25) is 0 Å². The molecule has 0 radical (unpaired) electrons. The van der Waals surface area contributed by atoms with Crippen LogP contribution in [0.1, 0.15) is 0 Å². The maximum absolute atomic E-state index is 3.04. The normalized spacial score (nSPS) is 13.3. The lowest BCUT2D eigenvalue weighted by Crippen LogP contribution is -2.73. The van der Waals surface area contributed by atoms with E-state index >= 15 is 0 Å². The predicted molar refractivity (Wildman–Crippen MR) is 424 cm³/mol. The van der Waals surface area contributed by atoms with E-state index in [9.17, 15) is 0 Å². The lowest BCUT2D eigenvalue weighted by Gasteiger charge is -2.33. The van der Waals surface area contributed by atoms with Crippen molar-refractivity contribution in [2.45, 2.75) is 0 Å². The maximum atomic E-state index is 2.63. The first-order valence-corrected chi connectivity index (χ1v) is 38.3. The van der Waals surface area contributed by atoms with E-state index in [1.165, 1.54) is 184 Å². The van der Waals surface area contributed by atoms with Gasteiger partial charge in [-0.05, 0) is 196 Å². The summed E-state index contributed by atoms with van der Waals surface area (Å²) in [5.74, 6) is 0. The molecule has 0 nitrogen and oxygen atoms in total. The van der Waals surface area contributed by atoms with E-state index in [0.29, 0.717) is 0 Å². The second-order valence-electron chi connectivity index (χ2n) is 26.7. The molecule has 0 atom stereocenters. The molecule has 18 aromatic carbocycles. The molecule has 98 heavy (non-hydrogen) atoms. The highest BCUT2D eigenvalue weighted by atomic mass is 28.3. The summed E-state index contributed by atoms with van der Waals surface area (Å²) < 4.78 is 0. The summed E-state index contributed by atoms with van der Waals surface area (Å²) >= 11 is 0. The van der Waals surface area contributed by atoms with Crippen molar-refractivity contribution in [3.63, 3.8) is 0 Å². The fraction of sp³-hybridized carbons (Fsp3) is 0. The average Bonchev–Trinajstić information content (AvgIpc) is 1.46. The molecule has 20 rings (SSSR count). The van der Waals surface area contributed by atoms with Gasteiger partial charge < -0.3 is 0 Å². The van der Waals surface area contributed by atoms with E-state index in [2.05, 4.69) is 376 Å². The minimum absolute atomic E-state index is 1.21. The number of hydrogen-bond donors (Lipinski definition) is 0. The van der Waals surface area contributed by atoms with E-state index in [4.69, 9.17) is 0 Å². The molecule has 2 heteroatoms. The van der Waals surface area contributed by atoms with Gasteiger partial charge in [0, 0.05) is 0 Å². The molecule has 0 N–H and O–H groups in total. The second-order valence-corrected chi connectivity index (χ2v) is 34.1. The van der Waals surface area contributed by atoms with Gasteiger partial charge in [0.15, 0.2) is 16.1 Å². The zero-order valence-corrected chi connectivity index (χ0v) is 55.8. The van der Waals surface area contributed by atoms with Crippen LogP contribution >= 0.6 is 0 Å². The third-order valence-corrected chi connectivity index (χ3v) is 31.9. The summed E-state index contributed by atoms with van der Waals surface area (Å²) in [7, 11) is -6.09. The molecule has 2 heterocycles. The highest BCUT2D eigenvalue weighted by molar-refractivity contribution is 7.23. The first-order chi connectivity index (χ1) is 48.7. The van der Waals surface area contributed by atoms with Gasteiger partial charge >= 0.3 is 0 Å². The van der Waals surface area contributed by atoms with Gasteiger partial charge in [-0.2, -0.15) is 0 Å². The fourth-order valence-electron chi connectivity index (χ4n) is 18.2. The Morgan fingerprint density at radius 1 is 0.143 bits per heavy atom. The van der Waals surface area contributed by atoms with Crippen molar-refractivity contribution in [1.29, 1.82) is 0 Å². The first-order valence-electron chi connectivity index (χ1n) is 34.3. The van der Waals surface area contributed by atoms with Gasteiger partial charge in [-0.15, -0.1) is 0 Å². The Labute approximate surface area is 572 Å². The number of rotatable bonds is 9. The van der Waals surface area contributed by atoms with Crippen molar-refractivity contribution < 1.29 is 0 Å². The zero-order chi connectivity index (χ0) is 64.5. The zero-order valence-electron chi connectivity index (χ0n) is 53.8. The van der Waals surface area contributed by atoms with E-state index in [1.54, 1.807) is 0 Å². The third kappa shape index (κ3) is 8.05. The molecule has 0 unspecified atom stereocenters. The molecular weight excluding hydrogens is 1210 g/mol. The molecular formula is C96H62Si2. The van der Waals surface area contributed by atoms with Crippen LogP contribution < -0.4 is 41.5 Å². The monoisotopic (exact) mass is 1270 g/mol. The number of benzene rings is 18. The van der Waals surface area contributed by atoms with Gasteiger partial charge in [-0.3, -0.25) is 0 Å². The first kappa shape index (κ1) is 56.3. The highest BCUT2D eigenvalue weighted by Gasteiger charge is 2.52. The van der Waals surface area contributed by atoms with Gasteiger partial charge in [0.05, 0.1) is 0 Å². The summed E-state index contributed by atoms with van der Waals surface area (Å²) in [6.45, 7) is 0. The summed E-state index contributed by atoms with van der Waals surface area (Å²) in [5, 5.41) is 26.0. The van der Waals surface area contributed by atoms with E-state index < -0.39 is 16.1 Å². The molecule has 0 bridgehead atoms. The van der Waals surface area contributed by atoms with Crippen LogP contribution in [0, 0.1) is 0 Å². The smallest absolute Gasteiger partial charge is 0.0623 e. The Hall–Kier alpha value is -12.0. The predicted octanol–water partition coefficient (Wildman–Crippen LogP) is 19.7. The van der Waals surface area contributed by atoms with Gasteiger partial charge in [0.1, 0.15) is 0 Å². The molecule has 454 valence electrons. The van der Waals surface area contributed by atoms with Crippen LogP contribution in [0.3, 0.4) is 0 Å². The molecule has 0 aromatic heterocycles. The van der Waals surface area contributed by atoms with Crippen molar-refractivity contribution in [3.05, 3.63) is 376 Å². The van der Waals surface area contributed by atoms with Crippen LogP contribution in [0.4, 0.5) is 0 Å². The Balaban J connectivity index is 0.974. The third-order valence-electron chi connectivity index (χ3n) is 22.0. The number of fused-ring (bicyclic) bond motifs is 12.